The number of benzene rings is 1. The topological polar surface area (TPSA) is 66.4 Å². The summed E-state index contributed by atoms with van der Waals surface area (Å²) in [5.41, 5.74) is 1.53. The molecule has 4 heteroatoms. The van der Waals surface area contributed by atoms with Crippen molar-refractivity contribution in [1.29, 1.82) is 0 Å². The van der Waals surface area contributed by atoms with E-state index in [1.807, 2.05) is 6.92 Å². The third kappa shape index (κ3) is 4.10. The van der Waals surface area contributed by atoms with E-state index in [9.17, 15) is 9.59 Å². The van der Waals surface area contributed by atoms with Crippen molar-refractivity contribution in [1.82, 2.24) is 5.32 Å². The van der Waals surface area contributed by atoms with Gasteiger partial charge in [-0.25, -0.2) is 4.79 Å². The van der Waals surface area contributed by atoms with Crippen molar-refractivity contribution in [2.45, 2.75) is 13.3 Å². The molecule has 2 N–H and O–H groups in total. The molecular weight excluding hydrogens is 218 g/mol. The first-order valence-electron chi connectivity index (χ1n) is 5.23. The van der Waals surface area contributed by atoms with Crippen molar-refractivity contribution in [3.8, 4) is 0 Å². The molecule has 0 heterocycles. The molecule has 1 aromatic carbocycles. The molecule has 1 rings (SSSR count). The summed E-state index contributed by atoms with van der Waals surface area (Å²) in [6, 6.07) is 6.49. The van der Waals surface area contributed by atoms with Crippen molar-refractivity contribution >= 4 is 11.9 Å². The Hall–Kier alpha value is -2.10. The normalized spacial score (nSPS) is 9.71. The maximum absolute atomic E-state index is 11.5. The summed E-state index contributed by atoms with van der Waals surface area (Å²) in [5, 5.41) is 11.6. The third-order valence-corrected chi connectivity index (χ3v) is 2.19. The van der Waals surface area contributed by atoms with Gasteiger partial charge in [0.2, 0.25) is 5.91 Å². The molecule has 0 unspecified atom stereocenters. The third-order valence-electron chi connectivity index (χ3n) is 2.19. The van der Waals surface area contributed by atoms with E-state index in [-0.39, 0.29) is 17.9 Å². The Morgan fingerprint density at radius 1 is 1.35 bits per heavy atom. The number of hydrogen-bond acceptors (Lipinski definition) is 2. The first-order chi connectivity index (χ1) is 8.00. The van der Waals surface area contributed by atoms with Crippen molar-refractivity contribution < 1.29 is 14.7 Å². The van der Waals surface area contributed by atoms with Gasteiger partial charge < -0.3 is 10.4 Å². The van der Waals surface area contributed by atoms with Gasteiger partial charge in [-0.2, -0.15) is 0 Å². The smallest absolute Gasteiger partial charge is 0.335 e. The number of carbonyl (C=O) groups excluding carboxylic acids is 1. The Kier molecular flexibility index (Phi) is 4.46. The van der Waals surface area contributed by atoms with Gasteiger partial charge in [-0.1, -0.05) is 30.4 Å². The van der Waals surface area contributed by atoms with Gasteiger partial charge in [-0.15, -0.1) is 0 Å². The van der Waals surface area contributed by atoms with Gasteiger partial charge in [0, 0.05) is 6.54 Å². The summed E-state index contributed by atoms with van der Waals surface area (Å²) >= 11 is 0. The molecule has 17 heavy (non-hydrogen) atoms. The van der Waals surface area contributed by atoms with Gasteiger partial charge in [0.05, 0.1) is 12.0 Å². The molecule has 4 nitrogen and oxygen atoms in total. The van der Waals surface area contributed by atoms with Crippen LogP contribution in [0.25, 0.3) is 0 Å². The second-order valence-corrected chi connectivity index (χ2v) is 3.87. The minimum atomic E-state index is -1.02. The van der Waals surface area contributed by atoms with Crippen LogP contribution in [-0.4, -0.2) is 23.5 Å². The number of amides is 1. The number of carbonyl (C=O) groups is 2. The molecule has 0 aliphatic rings. The van der Waals surface area contributed by atoms with Crippen LogP contribution in [0.2, 0.25) is 0 Å². The molecule has 0 aromatic heterocycles. The highest BCUT2D eigenvalue weighted by atomic mass is 16.4. The predicted molar refractivity (Wildman–Crippen MR) is 64.9 cm³/mol. The molecule has 1 aromatic rings. The summed E-state index contributed by atoms with van der Waals surface area (Å²) in [7, 11) is 0. The Labute approximate surface area is 100.0 Å². The summed E-state index contributed by atoms with van der Waals surface area (Å²) in [4.78, 5) is 22.5. The summed E-state index contributed by atoms with van der Waals surface area (Å²) in [5.74, 6) is -1.23. The van der Waals surface area contributed by atoms with Crippen LogP contribution in [0.3, 0.4) is 0 Å². The number of rotatable bonds is 5. The van der Waals surface area contributed by atoms with Gasteiger partial charge in [-0.3, -0.25) is 4.79 Å². The fraction of sp³-hybridized carbons (Fsp3) is 0.231. The van der Waals surface area contributed by atoms with Gasteiger partial charge >= 0.3 is 5.97 Å². The lowest BCUT2D eigenvalue weighted by molar-refractivity contribution is -0.120. The molecule has 0 saturated carbocycles. The quantitative estimate of drug-likeness (QED) is 0.759. The maximum Gasteiger partial charge on any atom is 0.335 e. The second-order valence-electron chi connectivity index (χ2n) is 3.87. The summed E-state index contributed by atoms with van der Waals surface area (Å²) < 4.78 is 0. The lowest BCUT2D eigenvalue weighted by atomic mass is 10.0. The van der Waals surface area contributed by atoms with Gasteiger partial charge in [0.1, 0.15) is 0 Å². The Morgan fingerprint density at radius 3 is 2.59 bits per heavy atom. The average molecular weight is 233 g/mol. The van der Waals surface area contributed by atoms with E-state index in [4.69, 9.17) is 5.11 Å². The fourth-order valence-corrected chi connectivity index (χ4v) is 1.37. The molecule has 0 aliphatic heterocycles. The highest BCUT2D eigenvalue weighted by molar-refractivity contribution is 5.91. The monoisotopic (exact) mass is 233 g/mol. The minimum absolute atomic E-state index is 0.0652. The molecule has 0 bridgehead atoms. The van der Waals surface area contributed by atoms with Crippen molar-refractivity contribution in [2.24, 2.45) is 0 Å². The van der Waals surface area contributed by atoms with E-state index in [1.165, 1.54) is 6.07 Å². The first-order valence-corrected chi connectivity index (χ1v) is 5.23. The maximum atomic E-state index is 11.5. The molecule has 0 radical (unpaired) electrons. The van der Waals surface area contributed by atoms with Crippen LogP contribution in [0.4, 0.5) is 0 Å². The largest absolute Gasteiger partial charge is 0.478 e. The average Bonchev–Trinajstić information content (AvgIpc) is 2.27. The van der Waals surface area contributed by atoms with E-state index >= 15 is 0 Å². The molecule has 0 atom stereocenters. The second kappa shape index (κ2) is 5.84. The number of nitrogens with one attached hydrogen (secondary N) is 1. The van der Waals surface area contributed by atoms with Gasteiger partial charge in [-0.05, 0) is 18.6 Å². The van der Waals surface area contributed by atoms with Gasteiger partial charge in [0.15, 0.2) is 0 Å². The Morgan fingerprint density at radius 2 is 2.00 bits per heavy atom. The van der Waals surface area contributed by atoms with Crippen LogP contribution >= 0.6 is 0 Å². The van der Waals surface area contributed by atoms with E-state index in [2.05, 4.69) is 11.9 Å². The van der Waals surface area contributed by atoms with Crippen LogP contribution in [-0.2, 0) is 11.2 Å². The molecular formula is C13H15NO3. The Balaban J connectivity index is 2.71. The van der Waals surface area contributed by atoms with E-state index < -0.39 is 5.97 Å². The van der Waals surface area contributed by atoms with Crippen molar-refractivity contribution in [2.75, 3.05) is 6.54 Å². The minimum Gasteiger partial charge on any atom is -0.478 e. The predicted octanol–water partition coefficient (Wildman–Crippen LogP) is 1.62. The number of carboxylic acids is 1. The zero-order chi connectivity index (χ0) is 12.8. The van der Waals surface area contributed by atoms with E-state index in [0.29, 0.717) is 12.1 Å². The molecule has 0 fully saturated rings. The molecule has 0 saturated heterocycles. The number of hydrogen-bond donors (Lipinski definition) is 2. The van der Waals surface area contributed by atoms with Crippen LogP contribution in [0.5, 0.6) is 0 Å². The zero-order valence-electron chi connectivity index (χ0n) is 9.69. The zero-order valence-corrected chi connectivity index (χ0v) is 9.69. The van der Waals surface area contributed by atoms with Crippen LogP contribution in [0, 0.1) is 0 Å². The molecule has 90 valence electrons. The lowest BCUT2D eigenvalue weighted by Gasteiger charge is -2.07. The first kappa shape index (κ1) is 13.0. The highest BCUT2D eigenvalue weighted by Gasteiger charge is 2.11. The summed E-state index contributed by atoms with van der Waals surface area (Å²) in [6.07, 6.45) is 0.0652. The van der Waals surface area contributed by atoms with E-state index in [1.54, 1.807) is 18.2 Å². The SMILES string of the molecule is C=C(C)CNC(=O)Cc1ccccc1C(=O)O. The Bertz CT molecular complexity index is 452. The highest BCUT2D eigenvalue weighted by Crippen LogP contribution is 2.09. The van der Waals surface area contributed by atoms with Crippen LogP contribution < -0.4 is 5.32 Å². The van der Waals surface area contributed by atoms with Crippen molar-refractivity contribution in [3.05, 3.63) is 47.5 Å². The van der Waals surface area contributed by atoms with Crippen LogP contribution in [0.1, 0.15) is 22.8 Å². The molecule has 0 aliphatic carbocycles. The van der Waals surface area contributed by atoms with Crippen molar-refractivity contribution in [3.63, 3.8) is 0 Å². The molecule has 1 amide bonds. The molecule has 0 spiro atoms. The fourth-order valence-electron chi connectivity index (χ4n) is 1.37. The van der Waals surface area contributed by atoms with Gasteiger partial charge in [0.25, 0.3) is 0 Å². The van der Waals surface area contributed by atoms with E-state index in [0.717, 1.165) is 5.57 Å². The standard InChI is InChI=1S/C13H15NO3/c1-9(2)8-14-12(15)7-10-5-3-4-6-11(10)13(16)17/h3-6H,1,7-8H2,2H3,(H,14,15)(H,16,17). The number of aromatic carboxylic acids is 1. The van der Waals surface area contributed by atoms with Crippen LogP contribution in [0.15, 0.2) is 36.4 Å². The lowest BCUT2D eigenvalue weighted by Crippen LogP contribution is -2.27. The number of carboxylic acid groups (broad SMARTS) is 1. The summed E-state index contributed by atoms with van der Waals surface area (Å²) in [6.45, 7) is 5.89.